The van der Waals surface area contributed by atoms with E-state index < -0.39 is 10.0 Å². The lowest BCUT2D eigenvalue weighted by molar-refractivity contribution is -0.115. The van der Waals surface area contributed by atoms with Gasteiger partial charge < -0.3 is 14.8 Å². The van der Waals surface area contributed by atoms with Crippen molar-refractivity contribution < 1.29 is 22.7 Å². The Balaban J connectivity index is 1.80. The maximum absolute atomic E-state index is 12.7. The predicted octanol–water partition coefficient (Wildman–Crippen LogP) is 3.98. The van der Waals surface area contributed by atoms with Crippen LogP contribution in [0.2, 0.25) is 10.0 Å². The summed E-state index contributed by atoms with van der Waals surface area (Å²) in [5.41, 5.74) is 0.850. The first-order valence-electron chi connectivity index (χ1n) is 9.43. The van der Waals surface area contributed by atoms with Crippen molar-refractivity contribution in [2.75, 3.05) is 31.6 Å². The van der Waals surface area contributed by atoms with Crippen molar-refractivity contribution in [2.45, 2.75) is 25.2 Å². The van der Waals surface area contributed by atoms with Crippen LogP contribution in [0, 0.1) is 0 Å². The van der Waals surface area contributed by atoms with E-state index in [0.29, 0.717) is 48.4 Å². The molecular formula is C20H22Cl2N2O5S. The molecule has 0 bridgehead atoms. The number of halogens is 2. The maximum atomic E-state index is 12.7. The van der Waals surface area contributed by atoms with Crippen LogP contribution in [-0.4, -0.2) is 44.9 Å². The molecule has 2 aromatic rings. The van der Waals surface area contributed by atoms with Gasteiger partial charge in [-0.15, -0.1) is 0 Å². The van der Waals surface area contributed by atoms with Crippen molar-refractivity contribution in [1.29, 1.82) is 0 Å². The summed E-state index contributed by atoms with van der Waals surface area (Å²) in [7, 11) is -3.68. The van der Waals surface area contributed by atoms with E-state index in [-0.39, 0.29) is 27.9 Å². The summed E-state index contributed by atoms with van der Waals surface area (Å²) in [6.45, 7) is 5.03. The molecule has 0 atom stereocenters. The van der Waals surface area contributed by atoms with Crippen molar-refractivity contribution in [2.24, 2.45) is 0 Å². The molecule has 162 valence electrons. The first-order chi connectivity index (χ1) is 14.3. The second-order valence-electron chi connectivity index (χ2n) is 6.56. The van der Waals surface area contributed by atoms with Gasteiger partial charge in [0, 0.05) is 13.1 Å². The monoisotopic (exact) mass is 472 g/mol. The zero-order chi connectivity index (χ0) is 21.9. The van der Waals surface area contributed by atoms with Crippen LogP contribution in [0.1, 0.15) is 19.4 Å². The highest BCUT2D eigenvalue weighted by Crippen LogP contribution is 2.38. The van der Waals surface area contributed by atoms with E-state index in [0.717, 1.165) is 0 Å². The molecule has 1 aliphatic rings. The van der Waals surface area contributed by atoms with Crippen molar-refractivity contribution in [3.8, 4) is 11.5 Å². The zero-order valence-electron chi connectivity index (χ0n) is 16.6. The number of carbonyl (C=O) groups excluding carboxylic acids is 1. The third kappa shape index (κ3) is 4.83. The smallest absolute Gasteiger partial charge is 0.243 e. The molecule has 1 aliphatic heterocycles. The summed E-state index contributed by atoms with van der Waals surface area (Å²) in [6, 6.07) is 7.58. The predicted molar refractivity (Wildman–Crippen MR) is 116 cm³/mol. The van der Waals surface area contributed by atoms with E-state index in [1.807, 2.05) is 0 Å². The van der Waals surface area contributed by atoms with Crippen LogP contribution in [0.25, 0.3) is 0 Å². The molecule has 0 unspecified atom stereocenters. The topological polar surface area (TPSA) is 84.9 Å². The van der Waals surface area contributed by atoms with Crippen LogP contribution in [0.3, 0.4) is 0 Å². The number of nitrogens with zero attached hydrogens (tertiary/aromatic N) is 1. The maximum Gasteiger partial charge on any atom is 0.243 e. The van der Waals surface area contributed by atoms with Gasteiger partial charge in [-0.05, 0) is 35.9 Å². The molecule has 3 rings (SSSR count). The number of fused-ring (bicyclic) bond motifs is 1. The van der Waals surface area contributed by atoms with Gasteiger partial charge in [0.15, 0.2) is 11.5 Å². The Bertz CT molecular complexity index is 1060. The quantitative estimate of drug-likeness (QED) is 0.658. The molecule has 7 nitrogen and oxygen atoms in total. The van der Waals surface area contributed by atoms with Gasteiger partial charge in [-0.3, -0.25) is 4.79 Å². The van der Waals surface area contributed by atoms with Crippen molar-refractivity contribution in [3.63, 3.8) is 0 Å². The Kier molecular flexibility index (Phi) is 7.13. The Morgan fingerprint density at radius 2 is 1.77 bits per heavy atom. The van der Waals surface area contributed by atoms with E-state index in [1.54, 1.807) is 26.0 Å². The fourth-order valence-corrected chi connectivity index (χ4v) is 5.06. The van der Waals surface area contributed by atoms with Gasteiger partial charge in [0.2, 0.25) is 15.9 Å². The molecule has 0 saturated heterocycles. The van der Waals surface area contributed by atoms with E-state index in [4.69, 9.17) is 32.7 Å². The molecule has 10 heteroatoms. The van der Waals surface area contributed by atoms with Crippen molar-refractivity contribution in [3.05, 3.63) is 45.9 Å². The molecule has 30 heavy (non-hydrogen) atoms. The minimum absolute atomic E-state index is 0.000286. The number of hydrogen-bond acceptors (Lipinski definition) is 5. The number of benzene rings is 2. The van der Waals surface area contributed by atoms with Gasteiger partial charge in [0.1, 0.15) is 13.2 Å². The normalized spacial score (nSPS) is 13.4. The fraction of sp³-hybridized carbons (Fsp3) is 0.350. The largest absolute Gasteiger partial charge is 0.486 e. The zero-order valence-corrected chi connectivity index (χ0v) is 18.9. The summed E-state index contributed by atoms with van der Waals surface area (Å²) >= 11 is 12.4. The van der Waals surface area contributed by atoms with Gasteiger partial charge in [-0.25, -0.2) is 8.42 Å². The van der Waals surface area contributed by atoms with E-state index in [1.165, 1.54) is 22.5 Å². The van der Waals surface area contributed by atoms with Crippen LogP contribution >= 0.6 is 23.2 Å². The lowest BCUT2D eigenvalue weighted by Gasteiger charge is -2.20. The van der Waals surface area contributed by atoms with Gasteiger partial charge >= 0.3 is 0 Å². The molecule has 0 spiro atoms. The molecule has 0 aliphatic carbocycles. The number of sulfonamides is 1. The number of anilines is 1. The lowest BCUT2D eigenvalue weighted by atomic mass is 10.1. The average molecular weight is 473 g/mol. The Hall–Kier alpha value is -2.00. The number of hydrogen-bond donors (Lipinski definition) is 1. The van der Waals surface area contributed by atoms with Crippen LogP contribution in [0.5, 0.6) is 11.5 Å². The second kappa shape index (κ2) is 9.43. The average Bonchev–Trinajstić information content (AvgIpc) is 2.70. The number of nitrogens with one attached hydrogen (secondary N) is 1. The number of rotatable bonds is 7. The highest BCUT2D eigenvalue weighted by molar-refractivity contribution is 7.89. The first kappa shape index (κ1) is 22.7. The summed E-state index contributed by atoms with van der Waals surface area (Å²) in [4.78, 5) is 12.6. The molecule has 2 aromatic carbocycles. The van der Waals surface area contributed by atoms with Crippen molar-refractivity contribution in [1.82, 2.24) is 4.31 Å². The molecule has 0 saturated carbocycles. The summed E-state index contributed by atoms with van der Waals surface area (Å²) < 4.78 is 37.8. The second-order valence-corrected chi connectivity index (χ2v) is 9.31. The Morgan fingerprint density at radius 1 is 1.07 bits per heavy atom. The Labute approximate surface area is 185 Å². The minimum Gasteiger partial charge on any atom is -0.486 e. The molecule has 1 amide bonds. The molecule has 0 aromatic heterocycles. The van der Waals surface area contributed by atoms with E-state index in [9.17, 15) is 13.2 Å². The van der Waals surface area contributed by atoms with Gasteiger partial charge in [0.05, 0.1) is 27.0 Å². The minimum atomic E-state index is -3.68. The molecule has 1 heterocycles. The van der Waals surface area contributed by atoms with Gasteiger partial charge in [-0.2, -0.15) is 4.31 Å². The Morgan fingerprint density at radius 3 is 2.47 bits per heavy atom. The highest BCUT2D eigenvalue weighted by atomic mass is 35.5. The lowest BCUT2D eigenvalue weighted by Crippen LogP contribution is -2.30. The molecule has 0 fully saturated rings. The summed E-state index contributed by atoms with van der Waals surface area (Å²) in [5.74, 6) is 0.577. The number of amides is 1. The van der Waals surface area contributed by atoms with Crippen molar-refractivity contribution >= 4 is 44.8 Å². The SMILES string of the molecule is CCN(CC)S(=O)(=O)c1ccc(Cl)c(NC(=O)Cc2cc(Cl)c3c(c2)OCCO3)c1. The van der Waals surface area contributed by atoms with Crippen LogP contribution < -0.4 is 14.8 Å². The number of ether oxygens (including phenoxy) is 2. The van der Waals surface area contributed by atoms with Gasteiger partial charge in [-0.1, -0.05) is 37.0 Å². The summed E-state index contributed by atoms with van der Waals surface area (Å²) in [6.07, 6.45) is -0.000286. The van der Waals surface area contributed by atoms with E-state index >= 15 is 0 Å². The van der Waals surface area contributed by atoms with Crippen LogP contribution in [-0.2, 0) is 21.2 Å². The van der Waals surface area contributed by atoms with Gasteiger partial charge in [0.25, 0.3) is 0 Å². The number of carbonyl (C=O) groups is 1. The summed E-state index contributed by atoms with van der Waals surface area (Å²) in [5, 5.41) is 3.28. The van der Waals surface area contributed by atoms with Crippen LogP contribution in [0.15, 0.2) is 35.2 Å². The third-order valence-corrected chi connectivity index (χ3v) is 7.23. The van der Waals surface area contributed by atoms with Crippen LogP contribution in [0.4, 0.5) is 5.69 Å². The molecule has 1 N–H and O–H groups in total. The van der Waals surface area contributed by atoms with E-state index in [2.05, 4.69) is 5.32 Å². The highest BCUT2D eigenvalue weighted by Gasteiger charge is 2.23. The molecule has 0 radical (unpaired) electrons. The fourth-order valence-electron chi connectivity index (χ4n) is 3.12. The standard InChI is InChI=1S/C20H22Cl2N2O5S/c1-3-24(4-2)30(26,27)14-5-6-15(21)17(12-14)23-19(25)11-13-9-16(22)20-18(10-13)28-7-8-29-20/h5-6,9-10,12H,3-4,7-8,11H2,1-2H3,(H,23,25). The molecular weight excluding hydrogens is 451 g/mol. The third-order valence-electron chi connectivity index (χ3n) is 4.58. The first-order valence-corrected chi connectivity index (χ1v) is 11.6.